The Morgan fingerprint density at radius 1 is 1.02 bits per heavy atom. The van der Waals surface area contributed by atoms with Crippen LogP contribution in [-0.4, -0.2) is 118 Å². The number of imide groups is 1. The highest BCUT2D eigenvalue weighted by Crippen LogP contribution is 2.39. The number of H-pyrrole nitrogens is 1. The molecule has 2 aromatic carbocycles. The normalized spacial score (nSPS) is 20.3. The van der Waals surface area contributed by atoms with Crippen LogP contribution in [-0.2, 0) is 22.6 Å². The van der Waals surface area contributed by atoms with Gasteiger partial charge in [0, 0.05) is 111 Å². The van der Waals surface area contributed by atoms with Gasteiger partial charge in [0.2, 0.25) is 18.3 Å². The molecule has 0 bridgehead atoms. The second-order valence-electron chi connectivity index (χ2n) is 16.6. The second kappa shape index (κ2) is 15.9. The number of carbonyl (C=O) groups is 3. The Balaban J connectivity index is 0.845. The molecular formula is C43H54FN9O3. The third-order valence-electron chi connectivity index (χ3n) is 12.2. The van der Waals surface area contributed by atoms with Gasteiger partial charge in [0.1, 0.15) is 11.7 Å². The summed E-state index contributed by atoms with van der Waals surface area (Å²) in [5.74, 6) is 0.789. The molecule has 56 heavy (non-hydrogen) atoms. The van der Waals surface area contributed by atoms with E-state index in [1.54, 1.807) is 18.7 Å². The fraction of sp³-hybridized carbons (Fsp3) is 0.512. The minimum atomic E-state index is -1.32. The zero-order chi connectivity index (χ0) is 39.0. The molecular weight excluding hydrogens is 710 g/mol. The van der Waals surface area contributed by atoms with Gasteiger partial charge in [-0.05, 0) is 80.8 Å². The maximum atomic E-state index is 15.0. The van der Waals surface area contributed by atoms with Crippen molar-refractivity contribution in [2.45, 2.75) is 77.2 Å². The number of hydrogen-bond donors (Lipinski definition) is 2. The molecule has 3 amide bonds. The molecule has 4 aromatic rings. The van der Waals surface area contributed by atoms with Crippen molar-refractivity contribution in [2.24, 2.45) is 5.92 Å². The number of anilines is 2. The first-order valence-corrected chi connectivity index (χ1v) is 20.3. The zero-order valence-corrected chi connectivity index (χ0v) is 32.8. The van der Waals surface area contributed by atoms with Crippen molar-refractivity contribution in [3.8, 4) is 0 Å². The average Bonchev–Trinajstić information content (AvgIpc) is 3.73. The summed E-state index contributed by atoms with van der Waals surface area (Å²) in [5.41, 5.74) is 5.87. The molecule has 0 aliphatic carbocycles. The Bertz CT molecular complexity index is 2050. The van der Waals surface area contributed by atoms with Gasteiger partial charge in [-0.25, -0.2) is 14.4 Å². The first-order valence-electron chi connectivity index (χ1n) is 20.3. The first kappa shape index (κ1) is 38.0. The van der Waals surface area contributed by atoms with Gasteiger partial charge in [0.15, 0.2) is 0 Å². The van der Waals surface area contributed by atoms with Crippen molar-refractivity contribution >= 4 is 40.8 Å². The predicted octanol–water partition coefficient (Wildman–Crippen LogP) is 5.09. The molecule has 0 saturated carbocycles. The molecule has 2 N–H and O–H groups in total. The van der Waals surface area contributed by atoms with E-state index in [1.807, 2.05) is 37.5 Å². The number of halogens is 1. The maximum Gasteiger partial charge on any atom is 0.255 e. The van der Waals surface area contributed by atoms with Crippen LogP contribution in [0.4, 0.5) is 16.0 Å². The lowest BCUT2D eigenvalue weighted by Gasteiger charge is -2.40. The number of piperazine rings is 1. The van der Waals surface area contributed by atoms with E-state index in [9.17, 15) is 14.4 Å². The van der Waals surface area contributed by atoms with E-state index in [-0.39, 0.29) is 11.9 Å². The number of amides is 3. The number of carbonyl (C=O) groups excluding carboxylic acids is 3. The molecule has 2 fully saturated rings. The van der Waals surface area contributed by atoms with Crippen LogP contribution in [0.1, 0.15) is 85.2 Å². The van der Waals surface area contributed by atoms with Gasteiger partial charge in [-0.1, -0.05) is 31.5 Å². The zero-order valence-electron chi connectivity index (χ0n) is 32.8. The summed E-state index contributed by atoms with van der Waals surface area (Å²) < 4.78 is 15.0. The van der Waals surface area contributed by atoms with Gasteiger partial charge in [0.25, 0.3) is 5.91 Å². The summed E-state index contributed by atoms with van der Waals surface area (Å²) >= 11 is 0. The Morgan fingerprint density at radius 2 is 1.77 bits per heavy atom. The Hall–Kier alpha value is -4.88. The van der Waals surface area contributed by atoms with Crippen molar-refractivity contribution in [2.75, 3.05) is 68.7 Å². The van der Waals surface area contributed by atoms with Crippen LogP contribution in [0.25, 0.3) is 10.9 Å². The first-order chi connectivity index (χ1) is 27.1. The third-order valence-corrected chi connectivity index (χ3v) is 12.2. The number of benzene rings is 2. The van der Waals surface area contributed by atoms with Gasteiger partial charge >= 0.3 is 0 Å². The molecule has 8 rings (SSSR count). The van der Waals surface area contributed by atoms with Gasteiger partial charge in [-0.3, -0.25) is 29.5 Å². The van der Waals surface area contributed by atoms with Gasteiger partial charge in [-0.15, -0.1) is 0 Å². The highest BCUT2D eigenvalue weighted by Gasteiger charge is 2.37. The number of aromatic amines is 1. The average molecular weight is 764 g/mol. The van der Waals surface area contributed by atoms with Crippen molar-refractivity contribution in [1.82, 2.24) is 35.0 Å². The van der Waals surface area contributed by atoms with E-state index < -0.39 is 17.6 Å². The SMILES string of the molecule is CCCC(C(=O)NC=O)N1Cc2cc(N3CCN(CC4CCN(c5ncc(C6c7[nH]c8ccccc8c7CCN6CC(C)(C)F)cn5)CC4)CC3)ccc2C1=O. The van der Waals surface area contributed by atoms with Crippen molar-refractivity contribution < 1.29 is 18.8 Å². The fourth-order valence-electron chi connectivity index (χ4n) is 9.46. The maximum absolute atomic E-state index is 15.0. The second-order valence-corrected chi connectivity index (χ2v) is 16.6. The Kier molecular flexibility index (Phi) is 10.8. The summed E-state index contributed by atoms with van der Waals surface area (Å²) in [7, 11) is 0. The molecule has 4 aliphatic rings. The number of nitrogens with one attached hydrogen (secondary N) is 2. The van der Waals surface area contributed by atoms with E-state index in [2.05, 4.69) is 54.2 Å². The fourth-order valence-corrected chi connectivity index (χ4v) is 9.46. The van der Waals surface area contributed by atoms with Crippen LogP contribution in [0.5, 0.6) is 0 Å². The van der Waals surface area contributed by atoms with E-state index in [0.717, 1.165) is 112 Å². The molecule has 13 heteroatoms. The lowest BCUT2D eigenvalue weighted by atomic mass is 9.92. The highest BCUT2D eigenvalue weighted by atomic mass is 19.1. The lowest BCUT2D eigenvalue weighted by Crippen LogP contribution is -2.49. The molecule has 4 aliphatic heterocycles. The van der Waals surface area contributed by atoms with E-state index >= 15 is 4.39 Å². The van der Waals surface area contributed by atoms with E-state index in [0.29, 0.717) is 37.4 Å². The minimum Gasteiger partial charge on any atom is -0.369 e. The summed E-state index contributed by atoms with van der Waals surface area (Å²) in [4.78, 5) is 61.3. The molecule has 296 valence electrons. The summed E-state index contributed by atoms with van der Waals surface area (Å²) in [5, 5.41) is 3.48. The molecule has 2 unspecified atom stereocenters. The van der Waals surface area contributed by atoms with E-state index in [4.69, 9.17) is 9.97 Å². The molecule has 0 radical (unpaired) electrons. The lowest BCUT2D eigenvalue weighted by molar-refractivity contribution is -0.129. The van der Waals surface area contributed by atoms with Crippen LogP contribution in [0.15, 0.2) is 54.9 Å². The third kappa shape index (κ3) is 7.75. The Morgan fingerprint density at radius 3 is 2.48 bits per heavy atom. The quantitative estimate of drug-likeness (QED) is 0.190. The Labute approximate surface area is 328 Å². The molecule has 6 heterocycles. The van der Waals surface area contributed by atoms with Crippen LogP contribution in [0, 0.1) is 5.92 Å². The molecule has 2 atom stereocenters. The van der Waals surface area contributed by atoms with E-state index in [1.165, 1.54) is 10.9 Å². The number of hydrogen-bond acceptors (Lipinski definition) is 9. The number of nitrogens with zero attached hydrogens (tertiary/aromatic N) is 7. The largest absolute Gasteiger partial charge is 0.369 e. The number of alkyl halides is 1. The molecule has 12 nitrogen and oxygen atoms in total. The molecule has 2 saturated heterocycles. The molecule has 0 spiro atoms. The summed E-state index contributed by atoms with van der Waals surface area (Å²) in [6.07, 6.45) is 8.57. The van der Waals surface area contributed by atoms with Crippen molar-refractivity contribution in [1.29, 1.82) is 0 Å². The number of para-hydroxylation sites is 1. The summed E-state index contributed by atoms with van der Waals surface area (Å²) in [6.45, 7) is 13.4. The number of fused-ring (bicyclic) bond motifs is 4. The number of aromatic nitrogens is 3. The number of rotatable bonds is 12. The predicted molar refractivity (Wildman–Crippen MR) is 215 cm³/mol. The van der Waals surface area contributed by atoms with Gasteiger partial charge in [0.05, 0.1) is 6.04 Å². The van der Waals surface area contributed by atoms with Crippen molar-refractivity contribution in [3.05, 3.63) is 82.8 Å². The standard InChI is InChI=1S/C43H54FN9O3/c1-4-7-37(40(55)47-28-54)53-26-30-22-32(10-11-33(30)41(53)56)50-20-18-49(19-21-50)25-29-12-15-51(16-13-29)42-45-23-31(24-46-42)39-38-35(14-17-52(39)27-43(2,3)44)34-8-5-6-9-36(34)48-38/h5-6,8-11,22-24,28-29,37,39,48H,4,7,12-21,25-27H2,1-3H3,(H,47,54,55). The number of piperidine rings is 1. The topological polar surface area (TPSA) is 121 Å². The van der Waals surface area contributed by atoms with Gasteiger partial charge < -0.3 is 19.7 Å². The van der Waals surface area contributed by atoms with Crippen LogP contribution in [0.3, 0.4) is 0 Å². The minimum absolute atomic E-state index is 0.133. The monoisotopic (exact) mass is 763 g/mol. The van der Waals surface area contributed by atoms with Crippen LogP contribution < -0.4 is 15.1 Å². The van der Waals surface area contributed by atoms with Crippen LogP contribution in [0.2, 0.25) is 0 Å². The van der Waals surface area contributed by atoms with Crippen LogP contribution >= 0.6 is 0 Å². The van der Waals surface area contributed by atoms with Gasteiger partial charge in [-0.2, -0.15) is 0 Å². The molecule has 2 aromatic heterocycles. The summed E-state index contributed by atoms with van der Waals surface area (Å²) in [6, 6.07) is 13.6. The highest BCUT2D eigenvalue weighted by molar-refractivity contribution is 6.02. The van der Waals surface area contributed by atoms with Crippen molar-refractivity contribution in [3.63, 3.8) is 0 Å². The smallest absolute Gasteiger partial charge is 0.255 e.